The van der Waals surface area contributed by atoms with Crippen LogP contribution in [0.2, 0.25) is 0 Å². The van der Waals surface area contributed by atoms with Crippen LogP contribution in [0.15, 0.2) is 23.7 Å². The van der Waals surface area contributed by atoms with E-state index in [1.165, 1.54) is 6.07 Å². The van der Waals surface area contributed by atoms with Crippen LogP contribution >= 0.6 is 0 Å². The number of nitrogens with two attached hydrogens (primary N) is 1. The second kappa shape index (κ2) is 6.12. The summed E-state index contributed by atoms with van der Waals surface area (Å²) in [5.74, 6) is -0.426. The molecule has 3 N–H and O–H groups in total. The van der Waals surface area contributed by atoms with Gasteiger partial charge in [-0.1, -0.05) is 12.1 Å². The van der Waals surface area contributed by atoms with Crippen molar-refractivity contribution in [3.05, 3.63) is 40.6 Å². The third-order valence-electron chi connectivity index (χ3n) is 4.38. The lowest BCUT2D eigenvalue weighted by atomic mass is 9.77. The maximum absolute atomic E-state index is 13.4. The Morgan fingerprint density at radius 2 is 1.86 bits per heavy atom. The number of aliphatic hydroxyl groups excluding tert-OH is 1. The molecule has 1 fully saturated rings. The Morgan fingerprint density at radius 1 is 1.27 bits per heavy atom. The molecule has 0 saturated carbocycles. The van der Waals surface area contributed by atoms with E-state index in [4.69, 9.17) is 20.1 Å². The molecule has 0 bridgehead atoms. The Bertz CT molecular complexity index is 571. The Balaban J connectivity index is 2.29. The van der Waals surface area contributed by atoms with Crippen LogP contribution < -0.4 is 5.73 Å². The minimum absolute atomic E-state index is 0.249. The lowest BCUT2D eigenvalue weighted by molar-refractivity contribution is 0.00578. The second-order valence-corrected chi connectivity index (χ2v) is 6.52. The van der Waals surface area contributed by atoms with Crippen molar-refractivity contribution in [3.8, 4) is 0 Å². The van der Waals surface area contributed by atoms with Crippen molar-refractivity contribution in [1.82, 2.24) is 0 Å². The van der Waals surface area contributed by atoms with Crippen LogP contribution in [0, 0.1) is 5.82 Å². The van der Waals surface area contributed by atoms with Crippen molar-refractivity contribution in [3.63, 3.8) is 0 Å². The van der Waals surface area contributed by atoms with E-state index in [1.54, 1.807) is 12.1 Å². The molecule has 4 nitrogen and oxygen atoms in total. The summed E-state index contributed by atoms with van der Waals surface area (Å²) >= 11 is 0. The molecular formula is C16H23BFNO3. The van der Waals surface area contributed by atoms with Gasteiger partial charge in [0.25, 0.3) is 0 Å². The summed E-state index contributed by atoms with van der Waals surface area (Å²) < 4.78 is 25.4. The largest absolute Gasteiger partial charge is 0.491 e. The van der Waals surface area contributed by atoms with E-state index < -0.39 is 24.1 Å². The van der Waals surface area contributed by atoms with Gasteiger partial charge in [-0.15, -0.1) is 0 Å². The van der Waals surface area contributed by atoms with Crippen molar-refractivity contribution in [2.45, 2.75) is 45.5 Å². The first-order valence-corrected chi connectivity index (χ1v) is 7.35. The van der Waals surface area contributed by atoms with Crippen LogP contribution in [0.25, 0.3) is 6.08 Å². The molecule has 0 spiro atoms. The minimum atomic E-state index is -0.530. The average molecular weight is 307 g/mol. The molecule has 2 rings (SSSR count). The Labute approximate surface area is 131 Å². The molecule has 1 heterocycles. The van der Waals surface area contributed by atoms with E-state index in [1.807, 2.05) is 33.8 Å². The first-order valence-electron chi connectivity index (χ1n) is 7.35. The number of rotatable bonds is 4. The number of halogens is 1. The van der Waals surface area contributed by atoms with Gasteiger partial charge in [-0.05, 0) is 50.9 Å². The second-order valence-electron chi connectivity index (χ2n) is 6.52. The summed E-state index contributed by atoms with van der Waals surface area (Å²) in [6.45, 7) is 7.82. The summed E-state index contributed by atoms with van der Waals surface area (Å²) in [5.41, 5.74) is 6.72. The Morgan fingerprint density at radius 3 is 2.36 bits per heavy atom. The zero-order chi connectivity index (χ0) is 16.5. The van der Waals surface area contributed by atoms with Gasteiger partial charge in [0.15, 0.2) is 0 Å². The number of hydrogen-bond acceptors (Lipinski definition) is 4. The van der Waals surface area contributed by atoms with Crippen molar-refractivity contribution in [1.29, 1.82) is 0 Å². The van der Waals surface area contributed by atoms with Crippen molar-refractivity contribution in [2.75, 3.05) is 6.54 Å². The lowest BCUT2D eigenvalue weighted by Gasteiger charge is -2.32. The van der Waals surface area contributed by atoms with Crippen LogP contribution in [0.5, 0.6) is 0 Å². The monoisotopic (exact) mass is 307 g/mol. The highest BCUT2D eigenvalue weighted by Crippen LogP contribution is 2.38. The van der Waals surface area contributed by atoms with Crippen LogP contribution in [0.4, 0.5) is 4.39 Å². The molecule has 22 heavy (non-hydrogen) atoms. The summed E-state index contributed by atoms with van der Waals surface area (Å²) in [4.78, 5) is 0. The average Bonchev–Trinajstić information content (AvgIpc) is 2.66. The molecule has 0 aliphatic carbocycles. The molecule has 6 heteroatoms. The number of benzene rings is 1. The predicted octanol–water partition coefficient (Wildman–Crippen LogP) is 2.29. The molecular weight excluding hydrogens is 284 g/mol. The highest BCUT2D eigenvalue weighted by molar-refractivity contribution is 6.55. The first kappa shape index (κ1) is 17.2. The van der Waals surface area contributed by atoms with Crippen molar-refractivity contribution < 1.29 is 18.8 Å². The van der Waals surface area contributed by atoms with E-state index in [0.29, 0.717) is 0 Å². The van der Waals surface area contributed by atoms with E-state index in [9.17, 15) is 4.39 Å². The Hall–Kier alpha value is -1.21. The van der Waals surface area contributed by atoms with E-state index in [2.05, 4.69) is 0 Å². The smallest absolute Gasteiger partial charge is 0.400 e. The number of hydrogen-bond donors (Lipinski definition) is 2. The molecule has 0 atom stereocenters. The summed E-state index contributed by atoms with van der Waals surface area (Å²) in [5, 5.41) is 9.15. The topological polar surface area (TPSA) is 64.7 Å². The number of aliphatic hydroxyl groups is 1. The zero-order valence-electron chi connectivity index (χ0n) is 13.5. The van der Waals surface area contributed by atoms with Crippen LogP contribution in [-0.4, -0.2) is 30.0 Å². The zero-order valence-corrected chi connectivity index (χ0v) is 13.5. The van der Waals surface area contributed by atoms with Gasteiger partial charge in [-0.2, -0.15) is 0 Å². The van der Waals surface area contributed by atoms with Gasteiger partial charge < -0.3 is 20.1 Å². The highest BCUT2D eigenvalue weighted by Gasteiger charge is 2.52. The van der Waals surface area contributed by atoms with Gasteiger partial charge in [-0.3, -0.25) is 0 Å². The summed E-state index contributed by atoms with van der Waals surface area (Å²) in [7, 11) is -0.530. The third kappa shape index (κ3) is 3.25. The van der Waals surface area contributed by atoms with Gasteiger partial charge in [0.2, 0.25) is 0 Å². The van der Waals surface area contributed by atoms with E-state index >= 15 is 0 Å². The molecule has 0 unspecified atom stereocenters. The normalized spacial score (nSPS) is 20.5. The maximum Gasteiger partial charge on any atom is 0.491 e. The molecule has 1 aromatic carbocycles. The van der Waals surface area contributed by atoms with Gasteiger partial charge in [0, 0.05) is 12.1 Å². The first-order chi connectivity index (χ1) is 10.2. The minimum Gasteiger partial charge on any atom is -0.400 e. The fourth-order valence-corrected chi connectivity index (χ4v) is 2.24. The van der Waals surface area contributed by atoms with Crippen molar-refractivity contribution in [2.24, 2.45) is 5.73 Å². The van der Waals surface area contributed by atoms with Gasteiger partial charge in [-0.25, -0.2) is 4.39 Å². The van der Waals surface area contributed by atoms with Crippen LogP contribution in [-0.2, 0) is 15.9 Å². The fourth-order valence-electron chi connectivity index (χ4n) is 2.24. The van der Waals surface area contributed by atoms with Gasteiger partial charge in [0.05, 0.1) is 17.8 Å². The van der Waals surface area contributed by atoms with E-state index in [0.717, 1.165) is 11.0 Å². The highest BCUT2D eigenvalue weighted by atomic mass is 19.1. The SMILES string of the molecule is CC1(C)OB(C(=Cc2ccc(F)c(CO)c2)CN)OC1(C)C. The third-order valence-corrected chi connectivity index (χ3v) is 4.38. The summed E-state index contributed by atoms with van der Waals surface area (Å²) in [6.07, 6.45) is 1.82. The van der Waals surface area contributed by atoms with Crippen LogP contribution in [0.1, 0.15) is 38.8 Å². The van der Waals surface area contributed by atoms with Gasteiger partial charge >= 0.3 is 7.12 Å². The van der Waals surface area contributed by atoms with E-state index in [-0.39, 0.29) is 18.7 Å². The quantitative estimate of drug-likeness (QED) is 0.838. The fraction of sp³-hybridized carbons (Fsp3) is 0.500. The van der Waals surface area contributed by atoms with Crippen LogP contribution in [0.3, 0.4) is 0 Å². The molecule has 0 aromatic heterocycles. The predicted molar refractivity (Wildman–Crippen MR) is 85.4 cm³/mol. The molecule has 1 saturated heterocycles. The standard InChI is InChI=1S/C16H23BFNO3/c1-15(2)16(3,4)22-17(21-15)13(9-19)8-11-5-6-14(18)12(7-11)10-20/h5-8,20H,9-10,19H2,1-4H3. The maximum atomic E-state index is 13.4. The van der Waals surface area contributed by atoms with Gasteiger partial charge in [0.1, 0.15) is 5.82 Å². The summed E-state index contributed by atoms with van der Waals surface area (Å²) in [6, 6.07) is 4.56. The molecule has 1 aliphatic rings. The molecule has 1 aliphatic heterocycles. The molecule has 1 aromatic rings. The Kier molecular flexibility index (Phi) is 4.77. The van der Waals surface area contributed by atoms with Crippen molar-refractivity contribution >= 4 is 13.2 Å². The molecule has 120 valence electrons. The molecule has 0 radical (unpaired) electrons. The molecule has 0 amide bonds. The lowest BCUT2D eigenvalue weighted by Crippen LogP contribution is -2.41.